The summed E-state index contributed by atoms with van der Waals surface area (Å²) in [6, 6.07) is 4.66. The monoisotopic (exact) mass is 448 g/mol. The highest BCUT2D eigenvalue weighted by Gasteiger charge is 2.49. The molecule has 1 saturated carbocycles. The SMILES string of the molecule is Cc1ccc(S(=O)(=O)N2CCN(C(=O)C3CCC4(CC3)NC(=O)NC4=O)CC2)cc1C. The third kappa shape index (κ3) is 3.94. The van der Waals surface area contributed by atoms with E-state index in [1.54, 1.807) is 17.0 Å². The van der Waals surface area contributed by atoms with Gasteiger partial charge in [0.05, 0.1) is 4.90 Å². The molecule has 2 aliphatic heterocycles. The lowest BCUT2D eigenvalue weighted by Crippen LogP contribution is -2.54. The fourth-order valence-electron chi connectivity index (χ4n) is 4.67. The van der Waals surface area contributed by atoms with Crippen molar-refractivity contribution in [3.63, 3.8) is 0 Å². The Balaban J connectivity index is 1.34. The number of aryl methyl sites for hydroxylation is 2. The molecule has 10 heteroatoms. The molecule has 0 atom stereocenters. The second-order valence-corrected chi connectivity index (χ2v) is 10.7. The predicted octanol–water partition coefficient (Wildman–Crippen LogP) is 0.905. The topological polar surface area (TPSA) is 116 Å². The number of sulfonamides is 1. The van der Waals surface area contributed by atoms with Crippen molar-refractivity contribution < 1.29 is 22.8 Å². The number of urea groups is 1. The molecule has 0 radical (unpaired) electrons. The highest BCUT2D eigenvalue weighted by molar-refractivity contribution is 7.89. The Bertz CT molecular complexity index is 1020. The van der Waals surface area contributed by atoms with Crippen LogP contribution in [0.15, 0.2) is 23.1 Å². The summed E-state index contributed by atoms with van der Waals surface area (Å²) in [6.07, 6.45) is 1.91. The molecule has 1 aromatic rings. The van der Waals surface area contributed by atoms with Gasteiger partial charge in [0, 0.05) is 32.1 Å². The van der Waals surface area contributed by atoms with Crippen LogP contribution < -0.4 is 10.6 Å². The van der Waals surface area contributed by atoms with E-state index in [1.165, 1.54) is 4.31 Å². The molecule has 1 aromatic carbocycles. The fraction of sp³-hybridized carbons (Fsp3) is 0.571. The molecule has 31 heavy (non-hydrogen) atoms. The molecule has 4 amide bonds. The van der Waals surface area contributed by atoms with Crippen LogP contribution in [-0.4, -0.2) is 67.2 Å². The lowest BCUT2D eigenvalue weighted by atomic mass is 9.76. The fourth-order valence-corrected chi connectivity index (χ4v) is 6.18. The summed E-state index contributed by atoms with van der Waals surface area (Å²) in [5.74, 6) is -0.518. The van der Waals surface area contributed by atoms with Gasteiger partial charge in [0.1, 0.15) is 5.54 Å². The van der Waals surface area contributed by atoms with Crippen LogP contribution in [0.1, 0.15) is 36.8 Å². The maximum atomic E-state index is 13.0. The summed E-state index contributed by atoms with van der Waals surface area (Å²) in [5, 5.41) is 4.98. The number of nitrogens with one attached hydrogen (secondary N) is 2. The Morgan fingerprint density at radius 3 is 2.23 bits per heavy atom. The number of rotatable bonds is 3. The number of carbonyl (C=O) groups excluding carboxylic acids is 3. The molecule has 0 aromatic heterocycles. The van der Waals surface area contributed by atoms with E-state index in [0.717, 1.165) is 11.1 Å². The summed E-state index contributed by atoms with van der Waals surface area (Å²) in [4.78, 5) is 38.5. The number of benzene rings is 1. The van der Waals surface area contributed by atoms with Gasteiger partial charge in [-0.05, 0) is 62.8 Å². The Kier molecular flexibility index (Phi) is 5.55. The van der Waals surface area contributed by atoms with Gasteiger partial charge in [-0.3, -0.25) is 14.9 Å². The van der Waals surface area contributed by atoms with E-state index in [4.69, 9.17) is 0 Å². The van der Waals surface area contributed by atoms with Gasteiger partial charge in [0.2, 0.25) is 15.9 Å². The number of piperazine rings is 1. The molecule has 9 nitrogen and oxygen atoms in total. The Hall–Kier alpha value is -2.46. The van der Waals surface area contributed by atoms with Crippen LogP contribution >= 0.6 is 0 Å². The maximum absolute atomic E-state index is 13.0. The second-order valence-electron chi connectivity index (χ2n) is 8.74. The Morgan fingerprint density at radius 2 is 1.68 bits per heavy atom. The first-order chi connectivity index (χ1) is 14.6. The largest absolute Gasteiger partial charge is 0.340 e. The van der Waals surface area contributed by atoms with E-state index < -0.39 is 21.6 Å². The van der Waals surface area contributed by atoms with Gasteiger partial charge in [0.25, 0.3) is 5.91 Å². The zero-order valence-corrected chi connectivity index (χ0v) is 18.6. The second kappa shape index (κ2) is 7.90. The van der Waals surface area contributed by atoms with Gasteiger partial charge >= 0.3 is 6.03 Å². The van der Waals surface area contributed by atoms with Crippen molar-refractivity contribution in [2.75, 3.05) is 26.2 Å². The van der Waals surface area contributed by atoms with Gasteiger partial charge in [-0.15, -0.1) is 0 Å². The summed E-state index contributed by atoms with van der Waals surface area (Å²) in [7, 11) is -3.59. The van der Waals surface area contributed by atoms with Crippen molar-refractivity contribution in [2.24, 2.45) is 5.92 Å². The summed E-state index contributed by atoms with van der Waals surface area (Å²) in [5.41, 5.74) is 1.09. The zero-order chi connectivity index (χ0) is 22.4. The minimum absolute atomic E-state index is 0.00260. The van der Waals surface area contributed by atoms with Gasteiger partial charge in [-0.1, -0.05) is 6.07 Å². The minimum Gasteiger partial charge on any atom is -0.340 e. The predicted molar refractivity (Wildman–Crippen MR) is 113 cm³/mol. The van der Waals surface area contributed by atoms with Crippen molar-refractivity contribution in [1.29, 1.82) is 0 Å². The number of amides is 4. The lowest BCUT2D eigenvalue weighted by Gasteiger charge is -2.39. The van der Waals surface area contributed by atoms with Crippen molar-refractivity contribution in [3.8, 4) is 0 Å². The molecule has 0 unspecified atom stereocenters. The summed E-state index contributed by atoms with van der Waals surface area (Å²) in [6.45, 7) is 5.05. The van der Waals surface area contributed by atoms with Gasteiger partial charge in [-0.2, -0.15) is 4.31 Å². The van der Waals surface area contributed by atoms with Crippen LogP contribution in [0.3, 0.4) is 0 Å². The molecule has 1 aliphatic carbocycles. The molecule has 2 N–H and O–H groups in total. The molecule has 1 spiro atoms. The van der Waals surface area contributed by atoms with Crippen molar-refractivity contribution in [3.05, 3.63) is 29.3 Å². The standard InChI is InChI=1S/C21H28N4O5S/c1-14-3-4-17(13-15(14)2)31(29,30)25-11-9-24(10-12-25)18(26)16-5-7-21(8-6-16)19(27)22-20(28)23-21/h3-4,13,16H,5-12H2,1-2H3,(H2,22,23,27,28). The van der Waals surface area contributed by atoms with Crippen LogP contribution in [-0.2, 0) is 19.6 Å². The van der Waals surface area contributed by atoms with Crippen LogP contribution in [0.4, 0.5) is 4.79 Å². The van der Waals surface area contributed by atoms with Crippen LogP contribution in [0.5, 0.6) is 0 Å². The molecule has 2 saturated heterocycles. The highest BCUT2D eigenvalue weighted by Crippen LogP contribution is 2.35. The number of nitrogens with zero attached hydrogens (tertiary/aromatic N) is 2. The van der Waals surface area contributed by atoms with Gasteiger partial charge in [-0.25, -0.2) is 13.2 Å². The number of imide groups is 1. The van der Waals surface area contributed by atoms with E-state index in [9.17, 15) is 22.8 Å². The van der Waals surface area contributed by atoms with E-state index >= 15 is 0 Å². The van der Waals surface area contributed by atoms with E-state index in [1.807, 2.05) is 19.9 Å². The van der Waals surface area contributed by atoms with Crippen LogP contribution in [0, 0.1) is 19.8 Å². The average molecular weight is 449 g/mol. The quantitative estimate of drug-likeness (QED) is 0.667. The molecular weight excluding hydrogens is 420 g/mol. The molecule has 2 heterocycles. The molecule has 0 bridgehead atoms. The normalized spacial score (nSPS) is 27.3. The van der Waals surface area contributed by atoms with Crippen molar-refractivity contribution >= 4 is 27.9 Å². The van der Waals surface area contributed by atoms with Crippen molar-refractivity contribution in [1.82, 2.24) is 19.8 Å². The summed E-state index contributed by atoms with van der Waals surface area (Å²) >= 11 is 0. The first-order valence-corrected chi connectivity index (χ1v) is 12.1. The number of carbonyl (C=O) groups is 3. The maximum Gasteiger partial charge on any atom is 0.322 e. The molecular formula is C21H28N4O5S. The molecule has 3 fully saturated rings. The van der Waals surface area contributed by atoms with Gasteiger partial charge in [0.15, 0.2) is 0 Å². The van der Waals surface area contributed by atoms with Gasteiger partial charge < -0.3 is 10.2 Å². The minimum atomic E-state index is -3.59. The van der Waals surface area contributed by atoms with Crippen molar-refractivity contribution in [2.45, 2.75) is 50.0 Å². The van der Waals surface area contributed by atoms with Crippen LogP contribution in [0.25, 0.3) is 0 Å². The molecule has 168 valence electrons. The Labute approximate surface area is 182 Å². The van der Waals surface area contributed by atoms with Crippen LogP contribution in [0.2, 0.25) is 0 Å². The molecule has 4 rings (SSSR count). The zero-order valence-electron chi connectivity index (χ0n) is 17.8. The van der Waals surface area contributed by atoms with E-state index in [2.05, 4.69) is 10.6 Å². The lowest BCUT2D eigenvalue weighted by molar-refractivity contribution is -0.139. The average Bonchev–Trinajstić information content (AvgIpc) is 3.02. The first kappa shape index (κ1) is 21.8. The van der Waals surface area contributed by atoms with E-state index in [0.29, 0.717) is 38.8 Å². The smallest absolute Gasteiger partial charge is 0.322 e. The third-order valence-electron chi connectivity index (χ3n) is 6.87. The highest BCUT2D eigenvalue weighted by atomic mass is 32.2. The third-order valence-corrected chi connectivity index (χ3v) is 8.76. The summed E-state index contributed by atoms with van der Waals surface area (Å²) < 4.78 is 27.4. The molecule has 3 aliphatic rings. The first-order valence-electron chi connectivity index (χ1n) is 10.6. The number of hydrogen-bond acceptors (Lipinski definition) is 5. The van der Waals surface area contributed by atoms with E-state index in [-0.39, 0.29) is 35.7 Å². The number of hydrogen-bond donors (Lipinski definition) is 2. The Morgan fingerprint density at radius 1 is 1.03 bits per heavy atom.